The van der Waals surface area contributed by atoms with Crippen LogP contribution in [0.4, 0.5) is 5.82 Å². The van der Waals surface area contributed by atoms with E-state index in [1.54, 1.807) is 10.7 Å². The fourth-order valence-electron chi connectivity index (χ4n) is 3.69. The van der Waals surface area contributed by atoms with Gasteiger partial charge >= 0.3 is 0 Å². The summed E-state index contributed by atoms with van der Waals surface area (Å²) in [7, 11) is 1.84. The van der Waals surface area contributed by atoms with Crippen molar-refractivity contribution in [2.75, 3.05) is 18.0 Å². The first kappa shape index (κ1) is 17.3. The van der Waals surface area contributed by atoms with Crippen molar-refractivity contribution < 1.29 is 4.79 Å². The predicted octanol–water partition coefficient (Wildman–Crippen LogP) is 1.45. The number of para-hydroxylation sites is 1. The number of piperidine rings is 1. The zero-order chi connectivity index (χ0) is 18.8. The zero-order valence-electron chi connectivity index (χ0n) is 15.2. The van der Waals surface area contributed by atoms with E-state index in [1.807, 2.05) is 31.3 Å². The van der Waals surface area contributed by atoms with Gasteiger partial charge in [-0.1, -0.05) is 18.2 Å². The highest BCUT2D eigenvalue weighted by Crippen LogP contribution is 2.22. The molecule has 4 rings (SSSR count). The second-order valence-corrected chi connectivity index (χ2v) is 6.82. The summed E-state index contributed by atoms with van der Waals surface area (Å²) in [6.07, 6.45) is 3.13. The van der Waals surface area contributed by atoms with E-state index in [0.717, 1.165) is 42.5 Å². The summed E-state index contributed by atoms with van der Waals surface area (Å²) in [6.45, 7) is 1.36. The molecule has 3 aromatic rings. The molecule has 1 fully saturated rings. The molecule has 1 aliphatic heterocycles. The maximum atomic E-state index is 12.7. The molecule has 2 N–H and O–H groups in total. The van der Waals surface area contributed by atoms with Gasteiger partial charge in [0.05, 0.1) is 5.52 Å². The van der Waals surface area contributed by atoms with Gasteiger partial charge in [-0.25, -0.2) is 5.10 Å². The third kappa shape index (κ3) is 3.42. The molecule has 8 nitrogen and oxygen atoms in total. The lowest BCUT2D eigenvalue weighted by Crippen LogP contribution is -2.47. The van der Waals surface area contributed by atoms with Gasteiger partial charge in [-0.05, 0) is 31.4 Å². The van der Waals surface area contributed by atoms with Crippen LogP contribution in [0.15, 0.2) is 41.2 Å². The van der Waals surface area contributed by atoms with Crippen molar-refractivity contribution in [3.8, 4) is 0 Å². The van der Waals surface area contributed by atoms with Crippen LogP contribution in [0.25, 0.3) is 10.9 Å². The number of aromatic amines is 1. The van der Waals surface area contributed by atoms with Crippen LogP contribution in [0.3, 0.4) is 0 Å². The van der Waals surface area contributed by atoms with Gasteiger partial charge in [-0.2, -0.15) is 10.2 Å². The standard InChI is InChI=1S/C19H22N6O2/c1-24-15-8-3-2-7-14(15)18(23-24)19(27)20-12-13-6-4-5-11-25(13)16-9-10-17(26)22-21-16/h2-3,7-10,13H,4-6,11-12H2,1H3,(H,20,27)(H,22,26). The SMILES string of the molecule is Cn1nc(C(=O)NCC2CCCCN2c2ccc(=O)[nH]n2)c2ccccc21. The number of rotatable bonds is 4. The first-order chi connectivity index (χ1) is 13.1. The summed E-state index contributed by atoms with van der Waals surface area (Å²) in [6, 6.07) is 11.0. The summed E-state index contributed by atoms with van der Waals surface area (Å²) >= 11 is 0. The van der Waals surface area contributed by atoms with E-state index in [0.29, 0.717) is 12.2 Å². The smallest absolute Gasteiger partial charge is 0.272 e. The van der Waals surface area contributed by atoms with E-state index >= 15 is 0 Å². The monoisotopic (exact) mass is 366 g/mol. The third-order valence-electron chi connectivity index (χ3n) is 5.06. The van der Waals surface area contributed by atoms with Gasteiger partial charge in [0, 0.05) is 37.6 Å². The van der Waals surface area contributed by atoms with Gasteiger partial charge in [0.2, 0.25) is 0 Å². The van der Waals surface area contributed by atoms with E-state index in [4.69, 9.17) is 0 Å². The van der Waals surface area contributed by atoms with Gasteiger partial charge < -0.3 is 10.2 Å². The highest BCUT2D eigenvalue weighted by atomic mass is 16.2. The molecule has 1 aromatic carbocycles. The summed E-state index contributed by atoms with van der Waals surface area (Å²) < 4.78 is 1.72. The summed E-state index contributed by atoms with van der Waals surface area (Å²) in [5, 5.41) is 14.9. The molecule has 0 bridgehead atoms. The molecule has 1 atom stereocenters. The molecular weight excluding hydrogens is 344 g/mol. The maximum absolute atomic E-state index is 12.7. The first-order valence-electron chi connectivity index (χ1n) is 9.16. The van der Waals surface area contributed by atoms with Crippen molar-refractivity contribution in [2.45, 2.75) is 25.3 Å². The van der Waals surface area contributed by atoms with Gasteiger partial charge in [-0.3, -0.25) is 14.3 Å². The molecule has 0 aliphatic carbocycles. The van der Waals surface area contributed by atoms with Crippen LogP contribution in [0.1, 0.15) is 29.8 Å². The summed E-state index contributed by atoms with van der Waals surface area (Å²) in [5.74, 6) is 0.559. The second kappa shape index (κ2) is 7.22. The number of fused-ring (bicyclic) bond motifs is 1. The second-order valence-electron chi connectivity index (χ2n) is 6.82. The number of anilines is 1. The van der Waals surface area contributed by atoms with E-state index in [1.165, 1.54) is 6.07 Å². The number of aryl methyl sites for hydroxylation is 1. The van der Waals surface area contributed by atoms with Crippen LogP contribution < -0.4 is 15.8 Å². The predicted molar refractivity (Wildman–Crippen MR) is 103 cm³/mol. The number of aromatic nitrogens is 4. The van der Waals surface area contributed by atoms with E-state index in [-0.39, 0.29) is 17.5 Å². The molecule has 0 radical (unpaired) electrons. The molecule has 1 saturated heterocycles. The van der Waals surface area contributed by atoms with Crippen molar-refractivity contribution in [1.82, 2.24) is 25.3 Å². The van der Waals surface area contributed by atoms with Crippen LogP contribution in [-0.2, 0) is 7.05 Å². The Kier molecular flexibility index (Phi) is 4.62. The Hall–Kier alpha value is -3.16. The van der Waals surface area contributed by atoms with Crippen molar-refractivity contribution >= 4 is 22.6 Å². The van der Waals surface area contributed by atoms with Crippen molar-refractivity contribution in [2.24, 2.45) is 7.05 Å². The van der Waals surface area contributed by atoms with Crippen LogP contribution >= 0.6 is 0 Å². The molecule has 140 valence electrons. The van der Waals surface area contributed by atoms with Crippen LogP contribution in [0, 0.1) is 0 Å². The fourth-order valence-corrected chi connectivity index (χ4v) is 3.69. The Balaban J connectivity index is 1.49. The van der Waals surface area contributed by atoms with E-state index < -0.39 is 0 Å². The van der Waals surface area contributed by atoms with Crippen LogP contribution in [-0.4, -0.2) is 45.0 Å². The van der Waals surface area contributed by atoms with E-state index in [9.17, 15) is 9.59 Å². The lowest BCUT2D eigenvalue weighted by atomic mass is 10.0. The van der Waals surface area contributed by atoms with Gasteiger partial charge in [0.25, 0.3) is 11.5 Å². The topological polar surface area (TPSA) is 95.9 Å². The Morgan fingerprint density at radius 1 is 1.26 bits per heavy atom. The van der Waals surface area contributed by atoms with E-state index in [2.05, 4.69) is 25.5 Å². The third-order valence-corrected chi connectivity index (χ3v) is 5.06. The molecule has 0 saturated carbocycles. The highest BCUT2D eigenvalue weighted by molar-refractivity contribution is 6.04. The fraction of sp³-hybridized carbons (Fsp3) is 0.368. The number of H-pyrrole nitrogens is 1. The average molecular weight is 366 g/mol. The van der Waals surface area contributed by atoms with Crippen LogP contribution in [0.5, 0.6) is 0 Å². The average Bonchev–Trinajstić information content (AvgIpc) is 3.04. The number of carbonyl (C=O) groups excluding carboxylic acids is 1. The molecule has 27 heavy (non-hydrogen) atoms. The summed E-state index contributed by atoms with van der Waals surface area (Å²) in [4.78, 5) is 26.1. The number of amides is 1. The number of hydrogen-bond acceptors (Lipinski definition) is 5. The maximum Gasteiger partial charge on any atom is 0.272 e. The Morgan fingerprint density at radius 2 is 2.11 bits per heavy atom. The lowest BCUT2D eigenvalue weighted by Gasteiger charge is -2.36. The molecule has 8 heteroatoms. The number of carbonyl (C=O) groups is 1. The molecule has 1 aliphatic rings. The molecular formula is C19H22N6O2. The Morgan fingerprint density at radius 3 is 2.93 bits per heavy atom. The largest absolute Gasteiger partial charge is 0.350 e. The minimum absolute atomic E-state index is 0.135. The number of benzene rings is 1. The Labute approximate surface area is 156 Å². The van der Waals surface area contributed by atoms with Crippen molar-refractivity contribution in [3.63, 3.8) is 0 Å². The number of nitrogens with one attached hydrogen (secondary N) is 2. The minimum atomic E-state index is -0.220. The number of nitrogens with zero attached hydrogens (tertiary/aromatic N) is 4. The quantitative estimate of drug-likeness (QED) is 0.729. The van der Waals surface area contributed by atoms with Crippen molar-refractivity contribution in [3.05, 3.63) is 52.4 Å². The van der Waals surface area contributed by atoms with Gasteiger partial charge in [-0.15, -0.1) is 0 Å². The molecule has 3 heterocycles. The normalized spacial score (nSPS) is 17.2. The zero-order valence-corrected chi connectivity index (χ0v) is 15.2. The van der Waals surface area contributed by atoms with Gasteiger partial charge in [0.1, 0.15) is 5.82 Å². The molecule has 0 spiro atoms. The Bertz CT molecular complexity index is 1000. The first-order valence-corrected chi connectivity index (χ1v) is 9.16. The minimum Gasteiger partial charge on any atom is -0.350 e. The van der Waals surface area contributed by atoms with Gasteiger partial charge in [0.15, 0.2) is 5.69 Å². The molecule has 1 amide bonds. The lowest BCUT2D eigenvalue weighted by molar-refractivity contribution is 0.0945. The summed E-state index contributed by atoms with van der Waals surface area (Å²) in [5.41, 5.74) is 1.15. The number of hydrogen-bond donors (Lipinski definition) is 2. The highest BCUT2D eigenvalue weighted by Gasteiger charge is 2.25. The molecule has 2 aromatic heterocycles. The van der Waals surface area contributed by atoms with Crippen LogP contribution in [0.2, 0.25) is 0 Å². The van der Waals surface area contributed by atoms with Crippen molar-refractivity contribution in [1.29, 1.82) is 0 Å². The molecule has 1 unspecified atom stereocenters.